The Morgan fingerprint density at radius 2 is 1.52 bits per heavy atom. The van der Waals surface area contributed by atoms with Crippen molar-refractivity contribution >= 4 is 23.5 Å². The van der Waals surface area contributed by atoms with Crippen LogP contribution in [0.15, 0.2) is 0 Å². The third-order valence-electron chi connectivity index (χ3n) is 4.20. The molecule has 0 aliphatic carbocycles. The largest absolute Gasteiger partial charge is 0.378 e. The van der Waals surface area contributed by atoms with Gasteiger partial charge in [0, 0.05) is 26.2 Å². The summed E-state index contributed by atoms with van der Waals surface area (Å²) in [4.78, 5) is 17.4. The van der Waals surface area contributed by atoms with Gasteiger partial charge in [-0.3, -0.25) is 0 Å². The van der Waals surface area contributed by atoms with E-state index in [4.69, 9.17) is 21.1 Å². The van der Waals surface area contributed by atoms with Gasteiger partial charge in [0.15, 0.2) is 0 Å². The lowest BCUT2D eigenvalue weighted by atomic mass is 10.2. The van der Waals surface area contributed by atoms with Gasteiger partial charge in [-0.25, -0.2) is 0 Å². The van der Waals surface area contributed by atoms with E-state index < -0.39 is 0 Å². The Hall–Kier alpha value is -1.18. The highest BCUT2D eigenvalue weighted by molar-refractivity contribution is 6.28. The summed E-state index contributed by atoms with van der Waals surface area (Å²) in [5.74, 6) is 1.31. The summed E-state index contributed by atoms with van der Waals surface area (Å²) in [7, 11) is 0. The molecular weight excluding hydrogens is 294 g/mol. The minimum absolute atomic E-state index is 0.250. The summed E-state index contributed by atoms with van der Waals surface area (Å²) in [6, 6.07) is 0. The van der Waals surface area contributed by atoms with Gasteiger partial charge in [0.05, 0.1) is 25.4 Å². The number of hydrogen-bond acceptors (Lipinski definition) is 7. The molecular formula is C13H18ClN5O2. The van der Waals surface area contributed by atoms with Crippen molar-refractivity contribution in [3.05, 3.63) is 5.28 Å². The molecule has 1 aromatic heterocycles. The molecule has 4 heterocycles. The molecule has 0 aromatic carbocycles. The van der Waals surface area contributed by atoms with E-state index in [1.165, 1.54) is 0 Å². The van der Waals surface area contributed by atoms with Crippen molar-refractivity contribution in [2.24, 2.45) is 0 Å². The number of aromatic nitrogens is 3. The van der Waals surface area contributed by atoms with Crippen LogP contribution in [-0.4, -0.2) is 66.6 Å². The summed E-state index contributed by atoms with van der Waals surface area (Å²) in [6.07, 6.45) is 2.84. The molecule has 0 saturated carbocycles. The van der Waals surface area contributed by atoms with Crippen LogP contribution >= 0.6 is 11.6 Å². The molecule has 3 aliphatic rings. The van der Waals surface area contributed by atoms with Gasteiger partial charge >= 0.3 is 0 Å². The standard InChI is InChI=1S/C13H18ClN5O2/c14-11-15-12(18-3-5-20-6-4-18)17-13(16-11)19-7-9-1-2-10(8-19)21-9/h9-10H,1-8H2. The fourth-order valence-corrected chi connectivity index (χ4v) is 3.30. The average Bonchev–Trinajstić information content (AvgIpc) is 2.86. The Balaban J connectivity index is 1.58. The second-order valence-corrected chi connectivity index (χ2v) is 6.00. The Kier molecular flexibility index (Phi) is 3.56. The Bertz CT molecular complexity index is 513. The summed E-state index contributed by atoms with van der Waals surface area (Å²) in [6.45, 7) is 4.63. The van der Waals surface area contributed by atoms with E-state index in [0.29, 0.717) is 37.3 Å². The highest BCUT2D eigenvalue weighted by atomic mass is 35.5. The van der Waals surface area contributed by atoms with Crippen LogP contribution in [0.25, 0.3) is 0 Å². The first-order chi connectivity index (χ1) is 10.3. The Labute approximate surface area is 128 Å². The maximum atomic E-state index is 6.10. The van der Waals surface area contributed by atoms with Crippen molar-refractivity contribution in [2.75, 3.05) is 49.2 Å². The second-order valence-electron chi connectivity index (χ2n) is 5.67. The number of morpholine rings is 2. The fourth-order valence-electron chi connectivity index (χ4n) is 3.15. The highest BCUT2D eigenvalue weighted by Crippen LogP contribution is 2.29. The second kappa shape index (κ2) is 5.55. The molecule has 2 atom stereocenters. The minimum atomic E-state index is 0.250. The minimum Gasteiger partial charge on any atom is -0.378 e. The average molecular weight is 312 g/mol. The molecule has 7 nitrogen and oxygen atoms in total. The maximum absolute atomic E-state index is 6.10. The number of fused-ring (bicyclic) bond motifs is 2. The fraction of sp³-hybridized carbons (Fsp3) is 0.769. The molecule has 2 unspecified atom stereocenters. The SMILES string of the molecule is Clc1nc(N2CCOCC2)nc(N2CC3CCC(C2)O3)n1. The Morgan fingerprint density at radius 3 is 2.19 bits per heavy atom. The van der Waals surface area contributed by atoms with Crippen molar-refractivity contribution in [1.82, 2.24) is 15.0 Å². The molecule has 21 heavy (non-hydrogen) atoms. The van der Waals surface area contributed by atoms with Crippen LogP contribution in [0.2, 0.25) is 5.28 Å². The predicted molar refractivity (Wildman–Crippen MR) is 78.0 cm³/mol. The van der Waals surface area contributed by atoms with Crippen LogP contribution in [0.3, 0.4) is 0 Å². The van der Waals surface area contributed by atoms with Crippen molar-refractivity contribution in [2.45, 2.75) is 25.0 Å². The molecule has 2 bridgehead atoms. The van der Waals surface area contributed by atoms with Crippen molar-refractivity contribution < 1.29 is 9.47 Å². The van der Waals surface area contributed by atoms with Gasteiger partial charge in [-0.1, -0.05) is 0 Å². The monoisotopic (exact) mass is 311 g/mol. The molecule has 4 rings (SSSR count). The van der Waals surface area contributed by atoms with Gasteiger partial charge < -0.3 is 19.3 Å². The molecule has 3 fully saturated rings. The quantitative estimate of drug-likeness (QED) is 0.797. The lowest BCUT2D eigenvalue weighted by Crippen LogP contribution is -2.44. The maximum Gasteiger partial charge on any atom is 0.231 e. The van der Waals surface area contributed by atoms with E-state index in [1.54, 1.807) is 0 Å². The van der Waals surface area contributed by atoms with E-state index >= 15 is 0 Å². The summed E-state index contributed by atoms with van der Waals surface area (Å²) in [5.41, 5.74) is 0. The van der Waals surface area contributed by atoms with Crippen LogP contribution in [0.5, 0.6) is 0 Å². The molecule has 0 radical (unpaired) electrons. The zero-order valence-corrected chi connectivity index (χ0v) is 12.5. The van der Waals surface area contributed by atoms with Crippen LogP contribution in [0.1, 0.15) is 12.8 Å². The van der Waals surface area contributed by atoms with Gasteiger partial charge in [0.2, 0.25) is 17.2 Å². The summed E-state index contributed by atoms with van der Waals surface area (Å²) >= 11 is 6.10. The van der Waals surface area contributed by atoms with Crippen LogP contribution < -0.4 is 9.80 Å². The van der Waals surface area contributed by atoms with E-state index in [9.17, 15) is 0 Å². The molecule has 114 valence electrons. The normalized spacial score (nSPS) is 29.0. The van der Waals surface area contributed by atoms with Crippen molar-refractivity contribution in [3.8, 4) is 0 Å². The van der Waals surface area contributed by atoms with E-state index in [0.717, 1.165) is 39.0 Å². The topological polar surface area (TPSA) is 63.6 Å². The number of nitrogens with zero attached hydrogens (tertiary/aromatic N) is 5. The molecule has 3 aliphatic heterocycles. The number of anilines is 2. The van der Waals surface area contributed by atoms with Gasteiger partial charge in [-0.15, -0.1) is 0 Å². The lowest BCUT2D eigenvalue weighted by Gasteiger charge is -2.33. The van der Waals surface area contributed by atoms with Crippen LogP contribution in [0, 0.1) is 0 Å². The summed E-state index contributed by atoms with van der Waals surface area (Å²) in [5, 5.41) is 0.250. The third kappa shape index (κ3) is 2.77. The smallest absolute Gasteiger partial charge is 0.231 e. The lowest BCUT2D eigenvalue weighted by molar-refractivity contribution is 0.0299. The number of hydrogen-bond donors (Lipinski definition) is 0. The van der Waals surface area contributed by atoms with Crippen LogP contribution in [0.4, 0.5) is 11.9 Å². The van der Waals surface area contributed by atoms with Gasteiger partial charge in [-0.2, -0.15) is 15.0 Å². The van der Waals surface area contributed by atoms with Gasteiger partial charge in [-0.05, 0) is 24.4 Å². The van der Waals surface area contributed by atoms with Gasteiger partial charge in [0.25, 0.3) is 0 Å². The highest BCUT2D eigenvalue weighted by Gasteiger charge is 2.35. The Morgan fingerprint density at radius 1 is 0.905 bits per heavy atom. The molecule has 0 spiro atoms. The van der Waals surface area contributed by atoms with Gasteiger partial charge in [0.1, 0.15) is 0 Å². The molecule has 0 N–H and O–H groups in total. The summed E-state index contributed by atoms with van der Waals surface area (Å²) < 4.78 is 11.2. The zero-order chi connectivity index (χ0) is 14.2. The van der Waals surface area contributed by atoms with Crippen molar-refractivity contribution in [3.63, 3.8) is 0 Å². The molecule has 1 aromatic rings. The van der Waals surface area contributed by atoms with E-state index in [1.807, 2.05) is 0 Å². The molecule has 3 saturated heterocycles. The van der Waals surface area contributed by atoms with Crippen LogP contribution in [-0.2, 0) is 9.47 Å². The number of rotatable bonds is 2. The molecule has 0 amide bonds. The first-order valence-corrected chi connectivity index (χ1v) is 7.80. The molecule has 8 heteroatoms. The predicted octanol–water partition coefficient (Wildman–Crippen LogP) is 0.729. The zero-order valence-electron chi connectivity index (χ0n) is 11.7. The number of ether oxygens (including phenoxy) is 2. The number of halogens is 1. The van der Waals surface area contributed by atoms with E-state index in [-0.39, 0.29) is 5.28 Å². The van der Waals surface area contributed by atoms with E-state index in [2.05, 4.69) is 24.8 Å². The van der Waals surface area contributed by atoms with Crippen molar-refractivity contribution in [1.29, 1.82) is 0 Å². The third-order valence-corrected chi connectivity index (χ3v) is 4.37. The first-order valence-electron chi connectivity index (χ1n) is 7.42. The first kappa shape index (κ1) is 13.5.